The fraction of sp³-hybridized carbons (Fsp3) is 0.167. The molecule has 0 unspecified atom stereocenters. The zero-order valence-electron chi connectivity index (χ0n) is 17.5. The van der Waals surface area contributed by atoms with Gasteiger partial charge in [-0.05, 0) is 18.2 Å². The summed E-state index contributed by atoms with van der Waals surface area (Å²) in [6.45, 7) is 2.41. The number of aromatic amines is 1. The van der Waals surface area contributed by atoms with E-state index in [0.29, 0.717) is 47.9 Å². The standard InChI is InChI=1S/C14H13ClN2O2.C10H7NO3/c15-13-9-11(10-3-1-2-4-12(10)16-13)14(18)17-5-7-19-8-6-17;12-9-5-7(10(13)14)6-3-1-2-4-8(6)11-9/h1-4,9H,5-8H2;1-5H,(H,11,12)(H,13,14). The molecule has 1 aliphatic rings. The van der Waals surface area contributed by atoms with E-state index < -0.39 is 11.5 Å². The molecule has 1 aliphatic heterocycles. The molecule has 0 bridgehead atoms. The predicted octanol–water partition coefficient (Wildman–Crippen LogP) is 3.59. The van der Waals surface area contributed by atoms with Gasteiger partial charge in [0.1, 0.15) is 5.15 Å². The number of carbonyl (C=O) groups excluding carboxylic acids is 1. The zero-order chi connectivity index (χ0) is 23.4. The number of aromatic nitrogens is 2. The van der Waals surface area contributed by atoms with Crippen molar-refractivity contribution in [2.24, 2.45) is 0 Å². The Morgan fingerprint density at radius 2 is 1.64 bits per heavy atom. The average molecular weight is 466 g/mol. The van der Waals surface area contributed by atoms with E-state index in [1.807, 2.05) is 24.3 Å². The Bertz CT molecular complexity index is 1400. The minimum absolute atomic E-state index is 0.0104. The van der Waals surface area contributed by atoms with Gasteiger partial charge in [-0.3, -0.25) is 9.59 Å². The lowest BCUT2D eigenvalue weighted by atomic mass is 10.1. The third-order valence-electron chi connectivity index (χ3n) is 5.19. The van der Waals surface area contributed by atoms with Crippen LogP contribution in [0, 0.1) is 0 Å². The first-order chi connectivity index (χ1) is 15.9. The van der Waals surface area contributed by atoms with Crippen LogP contribution in [-0.4, -0.2) is 58.2 Å². The van der Waals surface area contributed by atoms with Crippen LogP contribution < -0.4 is 5.56 Å². The number of H-pyrrole nitrogens is 1. The Morgan fingerprint density at radius 1 is 0.970 bits per heavy atom. The van der Waals surface area contributed by atoms with Crippen LogP contribution in [0.25, 0.3) is 21.8 Å². The monoisotopic (exact) mass is 465 g/mol. The minimum atomic E-state index is -1.09. The van der Waals surface area contributed by atoms with Crippen molar-refractivity contribution < 1.29 is 19.4 Å². The molecule has 9 heteroatoms. The van der Waals surface area contributed by atoms with E-state index in [0.717, 1.165) is 17.0 Å². The summed E-state index contributed by atoms with van der Waals surface area (Å²) < 4.78 is 5.26. The molecule has 5 rings (SSSR count). The number of nitrogens with one attached hydrogen (secondary N) is 1. The fourth-order valence-electron chi connectivity index (χ4n) is 3.64. The Balaban J connectivity index is 0.000000165. The maximum absolute atomic E-state index is 12.5. The summed E-state index contributed by atoms with van der Waals surface area (Å²) in [5.41, 5.74) is 1.52. The number of para-hydroxylation sites is 2. The predicted molar refractivity (Wildman–Crippen MR) is 125 cm³/mol. The number of halogens is 1. The first kappa shape index (κ1) is 22.4. The number of hydrogen-bond acceptors (Lipinski definition) is 5. The molecule has 1 saturated heterocycles. The van der Waals surface area contributed by atoms with Crippen LogP contribution in [0.1, 0.15) is 20.7 Å². The van der Waals surface area contributed by atoms with Crippen LogP contribution >= 0.6 is 11.6 Å². The van der Waals surface area contributed by atoms with Crippen LogP contribution in [0.2, 0.25) is 5.15 Å². The highest BCUT2D eigenvalue weighted by molar-refractivity contribution is 6.30. The Morgan fingerprint density at radius 3 is 2.36 bits per heavy atom. The number of carbonyl (C=O) groups is 2. The lowest BCUT2D eigenvalue weighted by Gasteiger charge is -2.27. The Kier molecular flexibility index (Phi) is 6.67. The number of morpholine rings is 1. The molecule has 33 heavy (non-hydrogen) atoms. The molecule has 8 nitrogen and oxygen atoms in total. The Labute approximate surface area is 193 Å². The van der Waals surface area contributed by atoms with Crippen LogP contribution in [0.3, 0.4) is 0 Å². The number of aromatic carboxylic acids is 1. The number of benzene rings is 2. The van der Waals surface area contributed by atoms with Crippen molar-refractivity contribution in [1.82, 2.24) is 14.9 Å². The number of carboxylic acid groups (broad SMARTS) is 1. The van der Waals surface area contributed by atoms with Crippen LogP contribution in [0.4, 0.5) is 0 Å². The van der Waals surface area contributed by atoms with Gasteiger partial charge in [-0.25, -0.2) is 9.78 Å². The quantitative estimate of drug-likeness (QED) is 0.437. The molecular weight excluding hydrogens is 446 g/mol. The molecule has 2 aromatic carbocycles. The van der Waals surface area contributed by atoms with Gasteiger partial charge in [0.15, 0.2) is 0 Å². The first-order valence-corrected chi connectivity index (χ1v) is 10.6. The number of fused-ring (bicyclic) bond motifs is 2. The second-order valence-electron chi connectivity index (χ2n) is 7.31. The molecule has 168 valence electrons. The van der Waals surface area contributed by atoms with Crippen molar-refractivity contribution in [3.05, 3.63) is 87.3 Å². The normalized spacial score (nSPS) is 13.4. The van der Waals surface area contributed by atoms with Gasteiger partial charge in [-0.15, -0.1) is 0 Å². The van der Waals surface area contributed by atoms with Gasteiger partial charge in [-0.1, -0.05) is 48.0 Å². The summed E-state index contributed by atoms with van der Waals surface area (Å²) in [7, 11) is 0. The average Bonchev–Trinajstić information content (AvgIpc) is 2.83. The van der Waals surface area contributed by atoms with E-state index in [9.17, 15) is 14.4 Å². The maximum Gasteiger partial charge on any atom is 0.336 e. The lowest BCUT2D eigenvalue weighted by molar-refractivity contribution is 0.0304. The number of rotatable bonds is 2. The summed E-state index contributed by atoms with van der Waals surface area (Å²) in [5, 5.41) is 10.6. The highest BCUT2D eigenvalue weighted by Crippen LogP contribution is 2.22. The molecule has 1 fully saturated rings. The van der Waals surface area contributed by atoms with Gasteiger partial charge in [0.05, 0.1) is 29.9 Å². The summed E-state index contributed by atoms with van der Waals surface area (Å²) in [6, 6.07) is 17.1. The van der Waals surface area contributed by atoms with Crippen LogP contribution in [0.5, 0.6) is 0 Å². The van der Waals surface area contributed by atoms with Crippen molar-refractivity contribution in [2.75, 3.05) is 26.3 Å². The number of nitrogens with zero attached hydrogens (tertiary/aromatic N) is 2. The van der Waals surface area contributed by atoms with Gasteiger partial charge in [0.2, 0.25) is 5.56 Å². The summed E-state index contributed by atoms with van der Waals surface area (Å²) in [6.07, 6.45) is 0. The zero-order valence-corrected chi connectivity index (χ0v) is 18.2. The summed E-state index contributed by atoms with van der Waals surface area (Å²) >= 11 is 6.00. The van der Waals surface area contributed by atoms with E-state index in [-0.39, 0.29) is 11.5 Å². The molecule has 0 atom stereocenters. The second-order valence-corrected chi connectivity index (χ2v) is 7.70. The highest BCUT2D eigenvalue weighted by Gasteiger charge is 2.21. The van der Waals surface area contributed by atoms with Crippen LogP contribution in [-0.2, 0) is 4.74 Å². The third-order valence-corrected chi connectivity index (χ3v) is 5.39. The molecule has 4 aromatic rings. The topological polar surface area (TPSA) is 113 Å². The number of hydrogen-bond donors (Lipinski definition) is 2. The van der Waals surface area contributed by atoms with E-state index in [1.54, 1.807) is 35.2 Å². The van der Waals surface area contributed by atoms with Crippen molar-refractivity contribution in [3.63, 3.8) is 0 Å². The van der Waals surface area contributed by atoms with E-state index in [2.05, 4.69) is 9.97 Å². The van der Waals surface area contributed by atoms with E-state index >= 15 is 0 Å². The fourth-order valence-corrected chi connectivity index (χ4v) is 3.84. The number of amides is 1. The third kappa shape index (κ3) is 5.02. The maximum atomic E-state index is 12.5. The molecule has 0 spiro atoms. The number of carboxylic acids is 1. The second kappa shape index (κ2) is 9.81. The highest BCUT2D eigenvalue weighted by atomic mass is 35.5. The molecule has 2 aromatic heterocycles. The number of ether oxygens (including phenoxy) is 1. The molecule has 0 aliphatic carbocycles. The molecule has 2 N–H and O–H groups in total. The SMILES string of the molecule is O=C(O)c1cc(=O)[nH]c2ccccc12.O=C(c1cc(Cl)nc2ccccc12)N1CCOCC1. The molecule has 3 heterocycles. The molecule has 0 radical (unpaired) electrons. The van der Waals surface area contributed by atoms with Crippen molar-refractivity contribution in [3.8, 4) is 0 Å². The van der Waals surface area contributed by atoms with Gasteiger partial charge < -0.3 is 19.7 Å². The molecule has 0 saturated carbocycles. The van der Waals surface area contributed by atoms with Crippen molar-refractivity contribution in [2.45, 2.75) is 0 Å². The largest absolute Gasteiger partial charge is 0.478 e. The van der Waals surface area contributed by atoms with Gasteiger partial charge in [0, 0.05) is 35.4 Å². The summed E-state index contributed by atoms with van der Waals surface area (Å²) in [4.78, 5) is 43.0. The Hall–Kier alpha value is -3.75. The van der Waals surface area contributed by atoms with Gasteiger partial charge in [0.25, 0.3) is 5.91 Å². The van der Waals surface area contributed by atoms with Crippen molar-refractivity contribution in [1.29, 1.82) is 0 Å². The van der Waals surface area contributed by atoms with E-state index in [1.165, 1.54) is 0 Å². The lowest BCUT2D eigenvalue weighted by Crippen LogP contribution is -2.40. The molecule has 1 amide bonds. The van der Waals surface area contributed by atoms with E-state index in [4.69, 9.17) is 21.4 Å². The smallest absolute Gasteiger partial charge is 0.336 e. The number of pyridine rings is 2. The minimum Gasteiger partial charge on any atom is -0.478 e. The van der Waals surface area contributed by atoms with Crippen molar-refractivity contribution >= 4 is 45.3 Å². The summed E-state index contributed by atoms with van der Waals surface area (Å²) in [5.74, 6) is -1.10. The van der Waals surface area contributed by atoms with Gasteiger partial charge >= 0.3 is 5.97 Å². The molecular formula is C24H20ClN3O5. The first-order valence-electron chi connectivity index (χ1n) is 10.2. The van der Waals surface area contributed by atoms with Gasteiger partial charge in [-0.2, -0.15) is 0 Å². The van der Waals surface area contributed by atoms with Crippen LogP contribution in [0.15, 0.2) is 65.5 Å².